The Hall–Kier alpha value is -2.54. The summed E-state index contributed by atoms with van der Waals surface area (Å²) in [7, 11) is 1.58. The first-order valence-corrected chi connectivity index (χ1v) is 7.06. The number of halogens is 2. The summed E-state index contributed by atoms with van der Waals surface area (Å²) in [5, 5.41) is 5.31. The molecule has 0 aliphatic heterocycles. The lowest BCUT2D eigenvalue weighted by Gasteiger charge is -2.10. The van der Waals surface area contributed by atoms with E-state index >= 15 is 0 Å². The minimum absolute atomic E-state index is 0.157. The number of benzene rings is 1. The first-order chi connectivity index (χ1) is 11.1. The fraction of sp³-hybridized carbons (Fsp3) is 0.250. The van der Waals surface area contributed by atoms with Crippen LogP contribution in [0.3, 0.4) is 0 Å². The summed E-state index contributed by atoms with van der Waals surface area (Å²) in [5.74, 6) is -1.79. The van der Waals surface area contributed by atoms with Crippen molar-refractivity contribution >= 4 is 17.3 Å². The van der Waals surface area contributed by atoms with Crippen molar-refractivity contribution in [2.24, 2.45) is 0 Å². The molecule has 1 amide bonds. The van der Waals surface area contributed by atoms with Gasteiger partial charge in [0.15, 0.2) is 0 Å². The average Bonchev–Trinajstić information content (AvgIpc) is 2.55. The molecule has 122 valence electrons. The second-order valence-electron chi connectivity index (χ2n) is 4.75. The number of ether oxygens (including phenoxy) is 1. The number of aromatic nitrogens is 1. The quantitative estimate of drug-likeness (QED) is 0.770. The number of carbonyl (C=O) groups is 1. The molecule has 1 aromatic heterocycles. The smallest absolute Gasteiger partial charge is 0.269 e. The second kappa shape index (κ2) is 8.19. The van der Waals surface area contributed by atoms with E-state index < -0.39 is 11.6 Å². The molecule has 1 aromatic carbocycles. The molecule has 0 saturated carbocycles. The van der Waals surface area contributed by atoms with E-state index in [4.69, 9.17) is 4.74 Å². The van der Waals surface area contributed by atoms with Gasteiger partial charge in [-0.1, -0.05) is 6.07 Å². The Morgan fingerprint density at radius 1 is 1.26 bits per heavy atom. The van der Waals surface area contributed by atoms with Gasteiger partial charge in [0, 0.05) is 32.1 Å². The molecule has 1 heterocycles. The van der Waals surface area contributed by atoms with Gasteiger partial charge in [-0.25, -0.2) is 8.78 Å². The number of amides is 1. The summed E-state index contributed by atoms with van der Waals surface area (Å²) in [5.41, 5.74) is 0.250. The van der Waals surface area contributed by atoms with Gasteiger partial charge >= 0.3 is 0 Å². The van der Waals surface area contributed by atoms with E-state index in [0.29, 0.717) is 25.3 Å². The number of hydrogen-bond acceptors (Lipinski definition) is 4. The standard InChI is InChI=1S/C16H17F2N3O2/c1-23-9-3-7-20-16(22)14-10-11(6-8-19-14)21-15-12(17)4-2-5-13(15)18/h2,4-6,8,10H,3,7,9H2,1H3,(H,19,21)(H,20,22). The Morgan fingerprint density at radius 3 is 2.70 bits per heavy atom. The van der Waals surface area contributed by atoms with Crippen LogP contribution in [0.4, 0.5) is 20.2 Å². The highest BCUT2D eigenvalue weighted by atomic mass is 19.1. The number of carbonyl (C=O) groups excluding carboxylic acids is 1. The van der Waals surface area contributed by atoms with E-state index in [1.165, 1.54) is 24.4 Å². The highest BCUT2D eigenvalue weighted by Crippen LogP contribution is 2.23. The van der Waals surface area contributed by atoms with Crippen LogP contribution < -0.4 is 10.6 Å². The largest absolute Gasteiger partial charge is 0.385 e. The Kier molecular flexibility index (Phi) is 5.99. The number of anilines is 2. The average molecular weight is 321 g/mol. The zero-order valence-electron chi connectivity index (χ0n) is 12.6. The van der Waals surface area contributed by atoms with Gasteiger partial charge in [0.05, 0.1) is 0 Å². The second-order valence-corrected chi connectivity index (χ2v) is 4.75. The molecule has 0 spiro atoms. The minimum atomic E-state index is -0.715. The van der Waals surface area contributed by atoms with Crippen molar-refractivity contribution < 1.29 is 18.3 Å². The SMILES string of the molecule is COCCCNC(=O)c1cc(Nc2c(F)cccc2F)ccn1. The molecule has 2 N–H and O–H groups in total. The Labute approximate surface area is 132 Å². The molecule has 2 rings (SSSR count). The van der Waals surface area contributed by atoms with Gasteiger partial charge in [0.25, 0.3) is 5.91 Å². The summed E-state index contributed by atoms with van der Waals surface area (Å²) >= 11 is 0. The van der Waals surface area contributed by atoms with Crippen LogP contribution in [-0.2, 0) is 4.74 Å². The third-order valence-electron chi connectivity index (χ3n) is 3.04. The Bertz CT molecular complexity index is 660. The van der Waals surface area contributed by atoms with Gasteiger partial charge in [0.1, 0.15) is 23.0 Å². The fourth-order valence-electron chi connectivity index (χ4n) is 1.90. The summed E-state index contributed by atoms with van der Waals surface area (Å²) in [4.78, 5) is 15.9. The zero-order valence-corrected chi connectivity index (χ0v) is 12.6. The van der Waals surface area contributed by atoms with E-state index in [1.807, 2.05) is 0 Å². The number of methoxy groups -OCH3 is 1. The molecule has 2 aromatic rings. The number of para-hydroxylation sites is 1. The molecule has 0 fully saturated rings. The maximum absolute atomic E-state index is 13.6. The van der Waals surface area contributed by atoms with Gasteiger partial charge in [0.2, 0.25) is 0 Å². The lowest BCUT2D eigenvalue weighted by Crippen LogP contribution is -2.26. The lowest BCUT2D eigenvalue weighted by molar-refractivity contribution is 0.0943. The van der Waals surface area contributed by atoms with Crippen LogP contribution in [0.15, 0.2) is 36.5 Å². The molecular weight excluding hydrogens is 304 g/mol. The Morgan fingerprint density at radius 2 is 2.00 bits per heavy atom. The van der Waals surface area contributed by atoms with E-state index in [-0.39, 0.29) is 17.3 Å². The maximum Gasteiger partial charge on any atom is 0.269 e. The molecule has 0 bridgehead atoms. The predicted octanol–water partition coefficient (Wildman–Crippen LogP) is 2.87. The third kappa shape index (κ3) is 4.72. The van der Waals surface area contributed by atoms with Crippen LogP contribution in [0.25, 0.3) is 0 Å². The van der Waals surface area contributed by atoms with Crippen LogP contribution in [-0.4, -0.2) is 31.2 Å². The minimum Gasteiger partial charge on any atom is -0.385 e. The monoisotopic (exact) mass is 321 g/mol. The van der Waals surface area contributed by atoms with Gasteiger partial charge < -0.3 is 15.4 Å². The van der Waals surface area contributed by atoms with Crippen molar-refractivity contribution in [3.8, 4) is 0 Å². The number of nitrogens with zero attached hydrogens (tertiary/aromatic N) is 1. The van der Waals surface area contributed by atoms with Gasteiger partial charge in [-0.2, -0.15) is 0 Å². The summed E-state index contributed by atoms with van der Waals surface area (Å²) in [6.07, 6.45) is 2.08. The molecule has 0 aliphatic carbocycles. The first-order valence-electron chi connectivity index (χ1n) is 7.06. The number of pyridine rings is 1. The van der Waals surface area contributed by atoms with Crippen LogP contribution >= 0.6 is 0 Å². The number of rotatable bonds is 7. The van der Waals surface area contributed by atoms with Crippen molar-refractivity contribution in [3.05, 3.63) is 53.9 Å². The van der Waals surface area contributed by atoms with Crippen LogP contribution in [0, 0.1) is 11.6 Å². The molecule has 0 radical (unpaired) electrons. The normalized spacial score (nSPS) is 10.4. The van der Waals surface area contributed by atoms with E-state index in [9.17, 15) is 13.6 Å². The van der Waals surface area contributed by atoms with E-state index in [0.717, 1.165) is 12.1 Å². The summed E-state index contributed by atoms with van der Waals surface area (Å²) in [6.45, 7) is 0.996. The highest BCUT2D eigenvalue weighted by molar-refractivity contribution is 5.93. The molecule has 5 nitrogen and oxygen atoms in total. The van der Waals surface area contributed by atoms with E-state index in [1.54, 1.807) is 7.11 Å². The molecule has 0 aliphatic rings. The topological polar surface area (TPSA) is 63.2 Å². The maximum atomic E-state index is 13.6. The molecule has 0 unspecified atom stereocenters. The molecule has 23 heavy (non-hydrogen) atoms. The van der Waals surface area contributed by atoms with E-state index in [2.05, 4.69) is 15.6 Å². The van der Waals surface area contributed by atoms with Crippen LogP contribution in [0.2, 0.25) is 0 Å². The zero-order chi connectivity index (χ0) is 16.7. The first kappa shape index (κ1) is 16.8. The van der Waals surface area contributed by atoms with Gasteiger partial charge in [-0.3, -0.25) is 9.78 Å². The number of nitrogens with one attached hydrogen (secondary N) is 2. The fourth-order valence-corrected chi connectivity index (χ4v) is 1.90. The van der Waals surface area contributed by atoms with Gasteiger partial charge in [-0.05, 0) is 30.7 Å². The molecule has 0 saturated heterocycles. The Balaban J connectivity index is 2.06. The summed E-state index contributed by atoms with van der Waals surface area (Å²) in [6, 6.07) is 6.53. The van der Waals surface area contributed by atoms with Crippen LogP contribution in [0.5, 0.6) is 0 Å². The molecule has 0 atom stereocenters. The van der Waals surface area contributed by atoms with Crippen molar-refractivity contribution in [3.63, 3.8) is 0 Å². The van der Waals surface area contributed by atoms with Crippen molar-refractivity contribution in [1.82, 2.24) is 10.3 Å². The lowest BCUT2D eigenvalue weighted by atomic mass is 10.2. The summed E-state index contributed by atoms with van der Waals surface area (Å²) < 4.78 is 32.1. The van der Waals surface area contributed by atoms with Crippen molar-refractivity contribution in [1.29, 1.82) is 0 Å². The molecular formula is C16H17F2N3O2. The predicted molar refractivity (Wildman–Crippen MR) is 82.7 cm³/mol. The highest BCUT2D eigenvalue weighted by Gasteiger charge is 2.11. The van der Waals surface area contributed by atoms with Gasteiger partial charge in [-0.15, -0.1) is 0 Å². The van der Waals surface area contributed by atoms with Crippen molar-refractivity contribution in [2.45, 2.75) is 6.42 Å². The molecule has 7 heteroatoms. The third-order valence-corrected chi connectivity index (χ3v) is 3.04. The number of hydrogen-bond donors (Lipinski definition) is 2. The van der Waals surface area contributed by atoms with Crippen LogP contribution in [0.1, 0.15) is 16.9 Å². The van der Waals surface area contributed by atoms with Crippen molar-refractivity contribution in [2.75, 3.05) is 25.6 Å².